The van der Waals surface area contributed by atoms with Gasteiger partial charge in [-0.2, -0.15) is 0 Å². The summed E-state index contributed by atoms with van der Waals surface area (Å²) in [5, 5.41) is 0. The molecule has 1 fully saturated rings. The van der Waals surface area contributed by atoms with Crippen molar-refractivity contribution in [3.05, 3.63) is 12.2 Å². The van der Waals surface area contributed by atoms with Crippen LogP contribution in [0.5, 0.6) is 0 Å². The van der Waals surface area contributed by atoms with Crippen molar-refractivity contribution >= 4 is 5.78 Å². The molecule has 2 aliphatic carbocycles. The van der Waals surface area contributed by atoms with Crippen molar-refractivity contribution in [3.8, 4) is 0 Å². The molecule has 0 amide bonds. The Morgan fingerprint density at radius 3 is 3.18 bits per heavy atom. The lowest BCUT2D eigenvalue weighted by Gasteiger charge is -2.33. The third kappa shape index (κ3) is 0.943. The predicted molar refractivity (Wildman–Crippen MR) is 44.2 cm³/mol. The normalized spacial score (nSPS) is 42.6. The van der Waals surface area contributed by atoms with E-state index in [2.05, 4.69) is 19.1 Å². The number of carbonyl (C=O) groups excluding carboxylic acids is 1. The number of rotatable bonds is 0. The van der Waals surface area contributed by atoms with Crippen LogP contribution in [0.15, 0.2) is 12.2 Å². The average molecular weight is 150 g/mol. The van der Waals surface area contributed by atoms with E-state index in [1.54, 1.807) is 0 Å². The molecule has 2 atom stereocenters. The molecule has 1 heteroatoms. The summed E-state index contributed by atoms with van der Waals surface area (Å²) in [6, 6.07) is 0. The zero-order valence-corrected chi connectivity index (χ0v) is 6.97. The van der Waals surface area contributed by atoms with E-state index in [-0.39, 0.29) is 5.41 Å². The third-order valence-electron chi connectivity index (χ3n) is 3.19. The summed E-state index contributed by atoms with van der Waals surface area (Å²) in [6.45, 7) is 2.22. The van der Waals surface area contributed by atoms with Crippen LogP contribution in [0.3, 0.4) is 0 Å². The Hall–Kier alpha value is -0.590. The highest BCUT2D eigenvalue weighted by Crippen LogP contribution is 2.45. The van der Waals surface area contributed by atoms with Crippen LogP contribution in [0.1, 0.15) is 32.6 Å². The second-order valence-corrected chi connectivity index (χ2v) is 4.02. The van der Waals surface area contributed by atoms with Gasteiger partial charge in [0.15, 0.2) is 0 Å². The van der Waals surface area contributed by atoms with E-state index in [0.29, 0.717) is 11.7 Å². The molecular formula is C10H14O. The zero-order valence-electron chi connectivity index (χ0n) is 6.97. The van der Waals surface area contributed by atoms with E-state index in [0.717, 1.165) is 19.3 Å². The molecule has 60 valence electrons. The second kappa shape index (κ2) is 2.20. The van der Waals surface area contributed by atoms with Gasteiger partial charge < -0.3 is 0 Å². The van der Waals surface area contributed by atoms with Crippen molar-refractivity contribution in [3.63, 3.8) is 0 Å². The molecule has 0 heterocycles. The van der Waals surface area contributed by atoms with Gasteiger partial charge >= 0.3 is 0 Å². The molecule has 0 aromatic carbocycles. The van der Waals surface area contributed by atoms with Crippen molar-refractivity contribution in [1.29, 1.82) is 0 Å². The average Bonchev–Trinajstić information content (AvgIpc) is 2.31. The van der Waals surface area contributed by atoms with Gasteiger partial charge in [0.1, 0.15) is 5.78 Å². The van der Waals surface area contributed by atoms with Crippen molar-refractivity contribution in [2.45, 2.75) is 32.6 Å². The van der Waals surface area contributed by atoms with Crippen LogP contribution in [0.4, 0.5) is 0 Å². The summed E-state index contributed by atoms with van der Waals surface area (Å²) >= 11 is 0. The highest BCUT2D eigenvalue weighted by Gasteiger charge is 2.41. The lowest BCUT2D eigenvalue weighted by atomic mass is 9.69. The molecule has 0 radical (unpaired) electrons. The molecule has 0 saturated heterocycles. The smallest absolute Gasteiger partial charge is 0.137 e. The molecule has 0 bridgehead atoms. The third-order valence-corrected chi connectivity index (χ3v) is 3.19. The van der Waals surface area contributed by atoms with E-state index in [1.807, 2.05) is 0 Å². The van der Waals surface area contributed by atoms with Crippen LogP contribution in [-0.2, 0) is 4.79 Å². The summed E-state index contributed by atoms with van der Waals surface area (Å²) in [5.41, 5.74) is 0.231. The fourth-order valence-corrected chi connectivity index (χ4v) is 2.43. The molecule has 0 aliphatic heterocycles. The Kier molecular flexibility index (Phi) is 1.41. The molecule has 2 rings (SSSR count). The fourth-order valence-electron chi connectivity index (χ4n) is 2.43. The van der Waals surface area contributed by atoms with Crippen molar-refractivity contribution in [2.24, 2.45) is 11.3 Å². The molecule has 0 spiro atoms. The van der Waals surface area contributed by atoms with Crippen molar-refractivity contribution in [1.82, 2.24) is 0 Å². The zero-order chi connectivity index (χ0) is 7.90. The topological polar surface area (TPSA) is 17.1 Å². The molecule has 1 nitrogen and oxygen atoms in total. The quantitative estimate of drug-likeness (QED) is 0.484. The minimum absolute atomic E-state index is 0.231. The van der Waals surface area contributed by atoms with E-state index in [4.69, 9.17) is 0 Å². The lowest BCUT2D eigenvalue weighted by molar-refractivity contribution is -0.127. The molecule has 1 saturated carbocycles. The lowest BCUT2D eigenvalue weighted by Crippen LogP contribution is -2.32. The van der Waals surface area contributed by atoms with Crippen LogP contribution in [0.25, 0.3) is 0 Å². The Bertz CT molecular complexity index is 217. The Balaban J connectivity index is 2.27. The maximum absolute atomic E-state index is 11.4. The number of ketones is 1. The van der Waals surface area contributed by atoms with E-state index in [1.165, 1.54) is 6.42 Å². The maximum atomic E-state index is 11.4. The Morgan fingerprint density at radius 1 is 1.64 bits per heavy atom. The summed E-state index contributed by atoms with van der Waals surface area (Å²) in [7, 11) is 0. The number of allylic oxidation sites excluding steroid dienone is 2. The molecule has 2 aliphatic rings. The molecule has 2 unspecified atom stereocenters. The van der Waals surface area contributed by atoms with Gasteiger partial charge in [-0.3, -0.25) is 4.79 Å². The van der Waals surface area contributed by atoms with Crippen LogP contribution < -0.4 is 0 Å². The maximum Gasteiger partial charge on any atom is 0.137 e. The van der Waals surface area contributed by atoms with E-state index in [9.17, 15) is 4.79 Å². The second-order valence-electron chi connectivity index (χ2n) is 4.02. The first-order valence-corrected chi connectivity index (χ1v) is 4.43. The van der Waals surface area contributed by atoms with Gasteiger partial charge in [0.2, 0.25) is 0 Å². The van der Waals surface area contributed by atoms with Gasteiger partial charge in [-0.05, 0) is 24.7 Å². The Morgan fingerprint density at radius 2 is 2.45 bits per heavy atom. The van der Waals surface area contributed by atoms with Crippen molar-refractivity contribution < 1.29 is 4.79 Å². The minimum Gasteiger partial charge on any atom is -0.299 e. The highest BCUT2D eigenvalue weighted by atomic mass is 16.1. The first kappa shape index (κ1) is 7.08. The van der Waals surface area contributed by atoms with Gasteiger partial charge in [-0.15, -0.1) is 0 Å². The number of carbonyl (C=O) groups is 1. The number of hydrogen-bond acceptors (Lipinski definition) is 1. The van der Waals surface area contributed by atoms with Crippen LogP contribution in [0.2, 0.25) is 0 Å². The van der Waals surface area contributed by atoms with Gasteiger partial charge in [0, 0.05) is 12.3 Å². The van der Waals surface area contributed by atoms with Crippen molar-refractivity contribution in [2.75, 3.05) is 0 Å². The summed E-state index contributed by atoms with van der Waals surface area (Å²) in [4.78, 5) is 11.4. The van der Waals surface area contributed by atoms with Crippen LogP contribution in [0, 0.1) is 11.3 Å². The predicted octanol–water partition coefficient (Wildman–Crippen LogP) is 2.32. The summed E-state index contributed by atoms with van der Waals surface area (Å²) in [6.07, 6.45) is 8.54. The highest BCUT2D eigenvalue weighted by molar-refractivity contribution is 5.83. The molecule has 0 aromatic heterocycles. The van der Waals surface area contributed by atoms with Gasteiger partial charge in [0.25, 0.3) is 0 Å². The van der Waals surface area contributed by atoms with Gasteiger partial charge in [0.05, 0.1) is 0 Å². The first-order valence-electron chi connectivity index (χ1n) is 4.43. The summed E-state index contributed by atoms with van der Waals surface area (Å²) in [5.74, 6) is 0.819. The molecular weight excluding hydrogens is 136 g/mol. The molecule has 11 heavy (non-hydrogen) atoms. The van der Waals surface area contributed by atoms with E-state index >= 15 is 0 Å². The standard InChI is InChI=1S/C10H14O/c1-10-6-2-4-8(10)9(11)5-3-7-10/h2,6,8H,3-5,7H2,1H3. The fraction of sp³-hybridized carbons (Fsp3) is 0.700. The molecule has 0 N–H and O–H groups in total. The van der Waals surface area contributed by atoms with Crippen LogP contribution >= 0.6 is 0 Å². The number of hydrogen-bond donors (Lipinski definition) is 0. The van der Waals surface area contributed by atoms with Gasteiger partial charge in [-0.1, -0.05) is 19.1 Å². The molecule has 0 aromatic rings. The monoisotopic (exact) mass is 150 g/mol. The largest absolute Gasteiger partial charge is 0.299 e. The number of Topliss-reactive ketones (excluding diaryl/α,β-unsaturated/α-hetero) is 1. The Labute approximate surface area is 67.5 Å². The van der Waals surface area contributed by atoms with E-state index < -0.39 is 0 Å². The summed E-state index contributed by atoms with van der Waals surface area (Å²) < 4.78 is 0. The first-order chi connectivity index (χ1) is 5.22. The SMILES string of the molecule is CC12C=CCC1C(=O)CCC2. The number of fused-ring (bicyclic) bond motifs is 1. The van der Waals surface area contributed by atoms with Gasteiger partial charge in [-0.25, -0.2) is 0 Å². The van der Waals surface area contributed by atoms with Crippen LogP contribution in [-0.4, -0.2) is 5.78 Å². The minimum atomic E-state index is 0.231.